The predicted octanol–water partition coefficient (Wildman–Crippen LogP) is 2.22. The van der Waals surface area contributed by atoms with Crippen LogP contribution in [0.4, 0.5) is 5.69 Å². The average Bonchev–Trinajstić information content (AvgIpc) is 3.43. The number of piperidine rings is 1. The van der Waals surface area contributed by atoms with Gasteiger partial charge >= 0.3 is 0 Å². The molecule has 3 N–H and O–H groups in total. The van der Waals surface area contributed by atoms with E-state index in [4.69, 9.17) is 0 Å². The van der Waals surface area contributed by atoms with Crippen LogP contribution in [0.2, 0.25) is 0 Å². The number of H-pyrrole nitrogens is 2. The number of carbonyl (C=O) groups is 2. The molecule has 0 bridgehead atoms. The van der Waals surface area contributed by atoms with Gasteiger partial charge in [0.2, 0.25) is 11.8 Å². The van der Waals surface area contributed by atoms with Crippen LogP contribution in [0, 0.1) is 5.92 Å². The van der Waals surface area contributed by atoms with E-state index in [0.717, 1.165) is 35.5 Å². The van der Waals surface area contributed by atoms with Gasteiger partial charge < -0.3 is 15.2 Å². The molecule has 0 saturated carbocycles. The first-order valence-electron chi connectivity index (χ1n) is 9.35. The number of hydrogen-bond acceptors (Lipinski definition) is 4. The van der Waals surface area contributed by atoms with Gasteiger partial charge in [-0.25, -0.2) is 4.98 Å². The van der Waals surface area contributed by atoms with Gasteiger partial charge in [0, 0.05) is 36.9 Å². The summed E-state index contributed by atoms with van der Waals surface area (Å²) in [6.45, 7) is 1.14. The lowest BCUT2D eigenvalue weighted by molar-refractivity contribution is -0.134. The van der Waals surface area contributed by atoms with Crippen molar-refractivity contribution in [3.05, 3.63) is 54.7 Å². The Labute approximate surface area is 162 Å². The van der Waals surface area contributed by atoms with Crippen LogP contribution in [-0.2, 0) is 16.0 Å². The van der Waals surface area contributed by atoms with E-state index < -0.39 is 0 Å². The van der Waals surface area contributed by atoms with E-state index >= 15 is 0 Å². The second-order valence-electron chi connectivity index (χ2n) is 6.97. The van der Waals surface area contributed by atoms with Gasteiger partial charge in [-0.1, -0.05) is 12.1 Å². The van der Waals surface area contributed by atoms with Gasteiger partial charge in [0.05, 0.1) is 24.4 Å². The van der Waals surface area contributed by atoms with Crippen molar-refractivity contribution >= 4 is 17.5 Å². The topological polar surface area (TPSA) is 107 Å². The smallest absolute Gasteiger partial charge is 0.229 e. The maximum absolute atomic E-state index is 12.7. The molecule has 0 radical (unpaired) electrons. The monoisotopic (exact) mass is 378 g/mol. The number of imidazole rings is 1. The lowest BCUT2D eigenvalue weighted by Crippen LogP contribution is -2.44. The van der Waals surface area contributed by atoms with Crippen molar-refractivity contribution in [2.24, 2.45) is 5.92 Å². The number of aromatic amines is 2. The first-order valence-corrected chi connectivity index (χ1v) is 9.35. The summed E-state index contributed by atoms with van der Waals surface area (Å²) in [5.74, 6) is -0.231. The Morgan fingerprint density at radius 2 is 2.07 bits per heavy atom. The number of nitrogens with zero attached hydrogens (tertiary/aromatic N) is 3. The minimum absolute atomic E-state index is 0.0191. The summed E-state index contributed by atoms with van der Waals surface area (Å²) in [6.07, 6.45) is 6.81. The van der Waals surface area contributed by atoms with Gasteiger partial charge in [-0.3, -0.25) is 14.7 Å². The molecule has 8 heteroatoms. The maximum Gasteiger partial charge on any atom is 0.229 e. The van der Waals surface area contributed by atoms with Gasteiger partial charge in [0.1, 0.15) is 0 Å². The Hall–Kier alpha value is -3.42. The van der Waals surface area contributed by atoms with Gasteiger partial charge in [0.15, 0.2) is 0 Å². The standard InChI is InChI=1S/C20H22N6O2/c27-19(10-17-11-21-13-22-17)26-9-1-2-15(12-26)20(28)24-16-5-3-14(4-6-16)18-7-8-23-25-18/h3-8,11,13,15H,1-2,9-10,12H2,(H,21,22)(H,23,25)(H,24,28)/t15-/m0/s1. The van der Waals surface area contributed by atoms with Crippen molar-refractivity contribution in [1.82, 2.24) is 25.1 Å². The van der Waals surface area contributed by atoms with Gasteiger partial charge in [-0.2, -0.15) is 5.10 Å². The summed E-state index contributed by atoms with van der Waals surface area (Å²) in [5, 5.41) is 9.83. The zero-order valence-electron chi connectivity index (χ0n) is 15.4. The molecule has 3 heterocycles. The highest BCUT2D eigenvalue weighted by Crippen LogP contribution is 2.22. The summed E-state index contributed by atoms with van der Waals surface area (Å²) in [5.41, 5.74) is 3.46. The first-order chi connectivity index (χ1) is 13.7. The molecule has 2 aromatic heterocycles. The van der Waals surface area contributed by atoms with Crippen molar-refractivity contribution in [1.29, 1.82) is 0 Å². The molecule has 3 aromatic rings. The second-order valence-corrected chi connectivity index (χ2v) is 6.97. The molecule has 1 aromatic carbocycles. The quantitative estimate of drug-likeness (QED) is 0.633. The minimum atomic E-state index is -0.202. The Balaban J connectivity index is 1.34. The molecule has 0 unspecified atom stereocenters. The molecule has 28 heavy (non-hydrogen) atoms. The highest BCUT2D eigenvalue weighted by Gasteiger charge is 2.28. The third kappa shape index (κ3) is 4.11. The van der Waals surface area contributed by atoms with Crippen LogP contribution < -0.4 is 5.32 Å². The molecule has 1 fully saturated rings. The fourth-order valence-corrected chi connectivity index (χ4v) is 3.47. The van der Waals surface area contributed by atoms with Crippen LogP contribution in [0.3, 0.4) is 0 Å². The van der Waals surface area contributed by atoms with E-state index in [1.165, 1.54) is 0 Å². The molecule has 1 aliphatic heterocycles. The van der Waals surface area contributed by atoms with Crippen LogP contribution in [0.1, 0.15) is 18.5 Å². The maximum atomic E-state index is 12.7. The zero-order chi connectivity index (χ0) is 19.3. The number of carbonyl (C=O) groups excluding carboxylic acids is 2. The average molecular weight is 378 g/mol. The fraction of sp³-hybridized carbons (Fsp3) is 0.300. The fourth-order valence-electron chi connectivity index (χ4n) is 3.47. The number of nitrogens with one attached hydrogen (secondary N) is 3. The number of benzene rings is 1. The summed E-state index contributed by atoms with van der Waals surface area (Å²) in [6, 6.07) is 9.51. The lowest BCUT2D eigenvalue weighted by Gasteiger charge is -2.32. The highest BCUT2D eigenvalue weighted by atomic mass is 16.2. The molecule has 0 aliphatic carbocycles. The SMILES string of the molecule is O=C(Nc1ccc(-c2ccn[nH]2)cc1)[C@H]1CCCN(C(=O)Cc2cnc[nH]2)C1. The Bertz CT molecular complexity index is 918. The zero-order valence-corrected chi connectivity index (χ0v) is 15.4. The number of rotatable bonds is 5. The molecular formula is C20H22N6O2. The molecule has 0 spiro atoms. The molecule has 8 nitrogen and oxygen atoms in total. The van der Waals surface area contributed by atoms with E-state index in [1.54, 1.807) is 23.6 Å². The third-order valence-electron chi connectivity index (χ3n) is 5.01. The summed E-state index contributed by atoms with van der Waals surface area (Å²) < 4.78 is 0. The van der Waals surface area contributed by atoms with E-state index in [0.29, 0.717) is 13.1 Å². The second kappa shape index (κ2) is 8.08. The summed E-state index contributed by atoms with van der Waals surface area (Å²) in [7, 11) is 0. The van der Waals surface area contributed by atoms with E-state index in [2.05, 4.69) is 25.5 Å². The molecular weight excluding hydrogens is 356 g/mol. The van der Waals surface area contributed by atoms with Crippen LogP contribution in [0.15, 0.2) is 49.1 Å². The summed E-state index contributed by atoms with van der Waals surface area (Å²) in [4.78, 5) is 33.8. The van der Waals surface area contributed by atoms with Crippen LogP contribution in [-0.4, -0.2) is 50.0 Å². The molecule has 4 rings (SSSR count). The molecule has 1 aliphatic rings. The Morgan fingerprint density at radius 1 is 1.21 bits per heavy atom. The van der Waals surface area contributed by atoms with Gasteiger partial charge in [-0.15, -0.1) is 0 Å². The third-order valence-corrected chi connectivity index (χ3v) is 5.01. The van der Waals surface area contributed by atoms with E-state index in [9.17, 15) is 9.59 Å². The van der Waals surface area contributed by atoms with Crippen LogP contribution in [0.25, 0.3) is 11.3 Å². The number of likely N-dealkylation sites (tertiary alicyclic amines) is 1. The van der Waals surface area contributed by atoms with Crippen molar-refractivity contribution in [3.8, 4) is 11.3 Å². The number of hydrogen-bond donors (Lipinski definition) is 3. The van der Waals surface area contributed by atoms with Gasteiger partial charge in [0.25, 0.3) is 0 Å². The predicted molar refractivity (Wildman–Crippen MR) is 104 cm³/mol. The van der Waals surface area contributed by atoms with Crippen molar-refractivity contribution in [2.45, 2.75) is 19.3 Å². The van der Waals surface area contributed by atoms with Crippen LogP contribution >= 0.6 is 0 Å². The number of anilines is 1. The van der Waals surface area contributed by atoms with Crippen molar-refractivity contribution < 1.29 is 9.59 Å². The summed E-state index contributed by atoms with van der Waals surface area (Å²) >= 11 is 0. The van der Waals surface area contributed by atoms with Gasteiger partial charge in [-0.05, 0) is 36.6 Å². The first kappa shape index (κ1) is 18.0. The lowest BCUT2D eigenvalue weighted by atomic mass is 9.96. The largest absolute Gasteiger partial charge is 0.348 e. The molecule has 1 saturated heterocycles. The van der Waals surface area contributed by atoms with Crippen molar-refractivity contribution in [2.75, 3.05) is 18.4 Å². The van der Waals surface area contributed by atoms with Crippen LogP contribution in [0.5, 0.6) is 0 Å². The van der Waals surface area contributed by atoms with E-state index in [1.807, 2.05) is 30.3 Å². The number of amides is 2. The molecule has 2 amide bonds. The Morgan fingerprint density at radius 3 is 2.79 bits per heavy atom. The molecule has 144 valence electrons. The minimum Gasteiger partial charge on any atom is -0.348 e. The molecule has 1 atom stereocenters. The van der Waals surface area contributed by atoms with E-state index in [-0.39, 0.29) is 24.2 Å². The number of aromatic nitrogens is 4. The Kier molecular flexibility index (Phi) is 5.18. The highest BCUT2D eigenvalue weighted by molar-refractivity contribution is 5.93. The van der Waals surface area contributed by atoms with Crippen molar-refractivity contribution in [3.63, 3.8) is 0 Å². The normalized spacial score (nSPS) is 16.7.